The van der Waals surface area contributed by atoms with Gasteiger partial charge in [0.05, 0.1) is 6.54 Å². The normalized spacial score (nSPS) is 10.9. The van der Waals surface area contributed by atoms with Gasteiger partial charge in [0, 0.05) is 34.4 Å². The number of hydrogen-bond donors (Lipinski definition) is 1. The number of nitrogens with zero attached hydrogens (tertiary/aromatic N) is 1. The van der Waals surface area contributed by atoms with Crippen LogP contribution in [0.2, 0.25) is 5.02 Å². The summed E-state index contributed by atoms with van der Waals surface area (Å²) in [5.74, 6) is 0. The van der Waals surface area contributed by atoms with Gasteiger partial charge in [0.15, 0.2) is 0 Å². The Morgan fingerprint density at radius 3 is 2.65 bits per heavy atom. The second-order valence-corrected chi connectivity index (χ2v) is 5.45. The fourth-order valence-corrected chi connectivity index (χ4v) is 2.86. The number of para-hydroxylation sites is 1. The van der Waals surface area contributed by atoms with Gasteiger partial charge in [-0.1, -0.05) is 35.9 Å². The minimum Gasteiger partial charge on any atom is -0.379 e. The molecule has 3 rings (SSSR count). The van der Waals surface area contributed by atoms with Gasteiger partial charge in [-0.05, 0) is 36.8 Å². The summed E-state index contributed by atoms with van der Waals surface area (Å²) in [4.78, 5) is 0. The monoisotopic (exact) mass is 284 g/mol. The van der Waals surface area contributed by atoms with E-state index in [1.807, 2.05) is 24.3 Å². The minimum atomic E-state index is 0.753. The number of halogens is 1. The van der Waals surface area contributed by atoms with Crippen molar-refractivity contribution in [3.63, 3.8) is 0 Å². The summed E-state index contributed by atoms with van der Waals surface area (Å²) < 4.78 is 2.25. The Bertz CT molecular complexity index is 720. The van der Waals surface area contributed by atoms with E-state index in [4.69, 9.17) is 11.6 Å². The number of anilines is 1. The standard InChI is InChI=1S/C17H17ClN2/c1-12-15-8-3-4-9-16(15)20(2)17(12)11-19-14-7-5-6-13(18)10-14/h3-10,19H,11H2,1-2H3. The smallest absolute Gasteiger partial charge is 0.0556 e. The van der Waals surface area contributed by atoms with E-state index in [1.165, 1.54) is 22.2 Å². The highest BCUT2D eigenvalue weighted by Crippen LogP contribution is 2.25. The summed E-state index contributed by atoms with van der Waals surface area (Å²) >= 11 is 6.01. The maximum absolute atomic E-state index is 6.01. The molecule has 0 radical (unpaired) electrons. The van der Waals surface area contributed by atoms with Crippen molar-refractivity contribution in [1.82, 2.24) is 4.57 Å². The summed E-state index contributed by atoms with van der Waals surface area (Å²) in [6.07, 6.45) is 0. The molecule has 0 atom stereocenters. The van der Waals surface area contributed by atoms with Crippen LogP contribution in [0.1, 0.15) is 11.3 Å². The molecule has 102 valence electrons. The van der Waals surface area contributed by atoms with Gasteiger partial charge in [-0.3, -0.25) is 0 Å². The quantitative estimate of drug-likeness (QED) is 0.734. The van der Waals surface area contributed by atoms with Crippen molar-refractivity contribution in [2.24, 2.45) is 7.05 Å². The molecule has 0 spiro atoms. The highest BCUT2D eigenvalue weighted by atomic mass is 35.5. The van der Waals surface area contributed by atoms with Gasteiger partial charge >= 0.3 is 0 Å². The average molecular weight is 285 g/mol. The van der Waals surface area contributed by atoms with Crippen molar-refractivity contribution in [2.45, 2.75) is 13.5 Å². The van der Waals surface area contributed by atoms with Crippen LogP contribution < -0.4 is 5.32 Å². The lowest BCUT2D eigenvalue weighted by Gasteiger charge is -2.09. The van der Waals surface area contributed by atoms with E-state index in [1.54, 1.807) is 0 Å². The summed E-state index contributed by atoms with van der Waals surface area (Å²) in [5, 5.41) is 5.51. The Morgan fingerprint density at radius 1 is 1.10 bits per heavy atom. The largest absolute Gasteiger partial charge is 0.379 e. The van der Waals surface area contributed by atoms with Crippen LogP contribution in [0.15, 0.2) is 48.5 Å². The Kier molecular flexibility index (Phi) is 3.41. The van der Waals surface area contributed by atoms with E-state index >= 15 is 0 Å². The number of nitrogens with one attached hydrogen (secondary N) is 1. The molecule has 0 fully saturated rings. The van der Waals surface area contributed by atoms with Crippen molar-refractivity contribution in [2.75, 3.05) is 5.32 Å². The van der Waals surface area contributed by atoms with E-state index < -0.39 is 0 Å². The van der Waals surface area contributed by atoms with E-state index in [-0.39, 0.29) is 0 Å². The highest BCUT2D eigenvalue weighted by molar-refractivity contribution is 6.30. The molecule has 3 heteroatoms. The van der Waals surface area contributed by atoms with Crippen LogP contribution in [0.5, 0.6) is 0 Å². The summed E-state index contributed by atoms with van der Waals surface area (Å²) in [7, 11) is 2.12. The zero-order valence-corrected chi connectivity index (χ0v) is 12.4. The van der Waals surface area contributed by atoms with Gasteiger partial charge in [-0.25, -0.2) is 0 Å². The molecule has 0 aliphatic rings. The summed E-state index contributed by atoms with van der Waals surface area (Å²) in [6.45, 7) is 2.97. The molecular weight excluding hydrogens is 268 g/mol. The van der Waals surface area contributed by atoms with E-state index in [9.17, 15) is 0 Å². The predicted octanol–water partition coefficient (Wildman–Crippen LogP) is 4.75. The zero-order chi connectivity index (χ0) is 14.1. The third kappa shape index (κ3) is 2.27. The Balaban J connectivity index is 1.91. The number of aromatic nitrogens is 1. The first-order chi connectivity index (χ1) is 9.66. The third-order valence-electron chi connectivity index (χ3n) is 3.79. The first-order valence-corrected chi connectivity index (χ1v) is 7.07. The van der Waals surface area contributed by atoms with Crippen molar-refractivity contribution in [1.29, 1.82) is 0 Å². The van der Waals surface area contributed by atoms with Gasteiger partial charge in [0.1, 0.15) is 0 Å². The number of fused-ring (bicyclic) bond motifs is 1. The predicted molar refractivity (Wildman–Crippen MR) is 86.4 cm³/mol. The lowest BCUT2D eigenvalue weighted by molar-refractivity contribution is 0.862. The van der Waals surface area contributed by atoms with Gasteiger partial charge < -0.3 is 9.88 Å². The molecule has 1 heterocycles. The molecule has 0 saturated carbocycles. The zero-order valence-electron chi connectivity index (χ0n) is 11.7. The first kappa shape index (κ1) is 13.1. The van der Waals surface area contributed by atoms with Gasteiger partial charge in [0.2, 0.25) is 0 Å². The molecule has 3 aromatic rings. The van der Waals surface area contributed by atoms with Gasteiger partial charge in [-0.15, -0.1) is 0 Å². The number of rotatable bonds is 3. The highest BCUT2D eigenvalue weighted by Gasteiger charge is 2.10. The maximum atomic E-state index is 6.01. The number of hydrogen-bond acceptors (Lipinski definition) is 1. The summed E-state index contributed by atoms with van der Waals surface area (Å²) in [5.41, 5.74) is 4.94. The van der Waals surface area contributed by atoms with Crippen LogP contribution in [-0.4, -0.2) is 4.57 Å². The molecule has 0 aliphatic heterocycles. The molecule has 0 amide bonds. The molecule has 1 aromatic heterocycles. The molecular formula is C17H17ClN2. The Morgan fingerprint density at radius 2 is 1.90 bits per heavy atom. The average Bonchev–Trinajstić information content (AvgIpc) is 2.70. The molecule has 2 aromatic carbocycles. The molecule has 20 heavy (non-hydrogen) atoms. The first-order valence-electron chi connectivity index (χ1n) is 6.69. The summed E-state index contributed by atoms with van der Waals surface area (Å²) in [6, 6.07) is 16.3. The van der Waals surface area contributed by atoms with Crippen molar-refractivity contribution in [3.8, 4) is 0 Å². The fourth-order valence-electron chi connectivity index (χ4n) is 2.67. The van der Waals surface area contributed by atoms with E-state index in [0.717, 1.165) is 17.3 Å². The Hall–Kier alpha value is -1.93. The van der Waals surface area contributed by atoms with Crippen molar-refractivity contribution >= 4 is 28.2 Å². The van der Waals surface area contributed by atoms with Crippen LogP contribution in [0, 0.1) is 6.92 Å². The number of aryl methyl sites for hydroxylation is 2. The fraction of sp³-hybridized carbons (Fsp3) is 0.176. The van der Waals surface area contributed by atoms with Crippen LogP contribution in [0.4, 0.5) is 5.69 Å². The molecule has 0 aliphatic carbocycles. The topological polar surface area (TPSA) is 17.0 Å². The minimum absolute atomic E-state index is 0.753. The van der Waals surface area contributed by atoms with Crippen LogP contribution in [0.3, 0.4) is 0 Å². The van der Waals surface area contributed by atoms with Crippen molar-refractivity contribution < 1.29 is 0 Å². The molecule has 0 unspecified atom stereocenters. The van der Waals surface area contributed by atoms with Crippen molar-refractivity contribution in [3.05, 3.63) is 64.8 Å². The maximum Gasteiger partial charge on any atom is 0.0556 e. The SMILES string of the molecule is Cc1c(CNc2cccc(Cl)c2)n(C)c2ccccc12. The number of benzene rings is 2. The van der Waals surface area contributed by atoms with E-state index in [0.29, 0.717) is 0 Å². The molecule has 1 N–H and O–H groups in total. The van der Waals surface area contributed by atoms with Crippen LogP contribution in [0.25, 0.3) is 10.9 Å². The van der Waals surface area contributed by atoms with Crippen LogP contribution in [-0.2, 0) is 13.6 Å². The second-order valence-electron chi connectivity index (χ2n) is 5.01. The molecule has 0 saturated heterocycles. The van der Waals surface area contributed by atoms with Gasteiger partial charge in [-0.2, -0.15) is 0 Å². The molecule has 0 bridgehead atoms. The lowest BCUT2D eigenvalue weighted by Crippen LogP contribution is -2.05. The second kappa shape index (κ2) is 5.22. The van der Waals surface area contributed by atoms with Gasteiger partial charge in [0.25, 0.3) is 0 Å². The van der Waals surface area contributed by atoms with E-state index in [2.05, 4.69) is 48.1 Å². The third-order valence-corrected chi connectivity index (χ3v) is 4.03. The Labute approximate surface area is 124 Å². The lowest BCUT2D eigenvalue weighted by atomic mass is 10.1. The molecule has 2 nitrogen and oxygen atoms in total. The van der Waals surface area contributed by atoms with Crippen LogP contribution >= 0.6 is 11.6 Å².